The molecule has 1 unspecified atom stereocenters. The molecule has 0 bridgehead atoms. The number of aliphatic carboxylic acids is 1. The van der Waals surface area contributed by atoms with Gasteiger partial charge in [0.2, 0.25) is 6.10 Å². The lowest BCUT2D eigenvalue weighted by molar-refractivity contribution is -0.151. The summed E-state index contributed by atoms with van der Waals surface area (Å²) in [4.78, 5) is 21.8. The van der Waals surface area contributed by atoms with E-state index in [1.807, 2.05) is 53.1 Å². The van der Waals surface area contributed by atoms with E-state index in [0.717, 1.165) is 21.8 Å². The van der Waals surface area contributed by atoms with Crippen molar-refractivity contribution in [3.05, 3.63) is 90.0 Å². The third-order valence-electron chi connectivity index (χ3n) is 4.82. The van der Waals surface area contributed by atoms with Crippen LogP contribution in [0.25, 0.3) is 27.3 Å². The zero-order valence-electron chi connectivity index (χ0n) is 14.7. The highest BCUT2D eigenvalue weighted by molar-refractivity contribution is 6.08. The van der Waals surface area contributed by atoms with Crippen LogP contribution in [0, 0.1) is 0 Å². The van der Waals surface area contributed by atoms with E-state index in [4.69, 9.17) is 4.84 Å². The minimum absolute atomic E-state index is 0.511. The maximum absolute atomic E-state index is 11.7. The van der Waals surface area contributed by atoms with Crippen molar-refractivity contribution >= 4 is 33.3 Å². The van der Waals surface area contributed by atoms with Gasteiger partial charge in [-0.15, -0.1) is 0 Å². The van der Waals surface area contributed by atoms with Crippen LogP contribution >= 0.6 is 0 Å². The second-order valence-electron chi connectivity index (χ2n) is 6.47. The van der Waals surface area contributed by atoms with Gasteiger partial charge in [0.05, 0.1) is 11.0 Å². The topological polar surface area (TPSA) is 76.2 Å². The van der Waals surface area contributed by atoms with Crippen LogP contribution in [0.3, 0.4) is 0 Å². The molecule has 0 fully saturated rings. The summed E-state index contributed by atoms with van der Waals surface area (Å²) in [5, 5.41) is 16.4. The second kappa shape index (κ2) is 6.35. The van der Waals surface area contributed by atoms with Crippen LogP contribution in [-0.2, 0) is 9.63 Å². The Labute approximate surface area is 159 Å². The number of hydrogen-bond donors (Lipinski definition) is 1. The highest BCUT2D eigenvalue weighted by Gasteiger charge is 2.22. The normalized spacial score (nSPS) is 13.4. The van der Waals surface area contributed by atoms with Gasteiger partial charge in [0.25, 0.3) is 0 Å². The summed E-state index contributed by atoms with van der Waals surface area (Å²) >= 11 is 0. The van der Waals surface area contributed by atoms with Crippen LogP contribution in [-0.4, -0.2) is 20.5 Å². The highest BCUT2D eigenvalue weighted by atomic mass is 16.6. The van der Waals surface area contributed by atoms with Crippen LogP contribution in [0.15, 0.2) is 84.3 Å². The number of fused-ring (bicyclic) bond motifs is 2. The van der Waals surface area contributed by atoms with Gasteiger partial charge in [0.1, 0.15) is 5.52 Å². The molecule has 0 aliphatic heterocycles. The predicted molar refractivity (Wildman–Crippen MR) is 105 cm³/mol. The van der Waals surface area contributed by atoms with Crippen molar-refractivity contribution in [1.29, 1.82) is 0 Å². The van der Waals surface area contributed by atoms with Gasteiger partial charge in [-0.05, 0) is 29.7 Å². The van der Waals surface area contributed by atoms with Crippen LogP contribution in [0.5, 0.6) is 0 Å². The molecular formula is C22H15N3O3. The van der Waals surface area contributed by atoms with Crippen LogP contribution in [0.2, 0.25) is 0 Å². The van der Waals surface area contributed by atoms with Gasteiger partial charge in [0.15, 0.2) is 5.36 Å². The van der Waals surface area contributed by atoms with E-state index in [9.17, 15) is 9.90 Å². The van der Waals surface area contributed by atoms with Gasteiger partial charge < -0.3 is 14.3 Å². The fourth-order valence-corrected chi connectivity index (χ4v) is 3.57. The van der Waals surface area contributed by atoms with E-state index in [-0.39, 0.29) is 0 Å². The third kappa shape index (κ3) is 2.46. The zero-order chi connectivity index (χ0) is 19.1. The Hall–Kier alpha value is -3.93. The number of rotatable bonds is 4. The lowest BCUT2D eigenvalue weighted by Gasteiger charge is -2.12. The van der Waals surface area contributed by atoms with E-state index < -0.39 is 12.1 Å². The third-order valence-corrected chi connectivity index (χ3v) is 4.82. The standard InChI is InChI=1S/C22H15N3O3/c26-22(27)21(15-6-2-1-3-7-15)28-24-19-17-10-5-13-25(17)16-9-4-8-14-11-12-23-20(19)18(14)16/h1-13,21H,(H,26,27)/b24-19+. The number of hydrogen-bond acceptors (Lipinski definition) is 4. The molecule has 1 atom stereocenters. The Kier molecular flexibility index (Phi) is 3.69. The summed E-state index contributed by atoms with van der Waals surface area (Å²) in [6, 6.07) is 20.6. The molecule has 0 spiro atoms. The Balaban J connectivity index is 1.77. The van der Waals surface area contributed by atoms with E-state index in [0.29, 0.717) is 16.4 Å². The fourth-order valence-electron chi connectivity index (χ4n) is 3.57. The first kappa shape index (κ1) is 16.3. The minimum atomic E-state index is -1.20. The molecule has 5 rings (SSSR count). The SMILES string of the molecule is O=C(O)C(O/N=c1/c2nccc3cccc(c32)n2cccc12)c1ccccc1. The second-order valence-corrected chi connectivity index (χ2v) is 6.47. The van der Waals surface area contributed by atoms with Gasteiger partial charge in [-0.1, -0.05) is 47.6 Å². The van der Waals surface area contributed by atoms with Crippen molar-refractivity contribution in [2.75, 3.05) is 0 Å². The Bertz CT molecular complexity index is 1370. The van der Waals surface area contributed by atoms with E-state index in [2.05, 4.69) is 10.1 Å². The number of nitrogens with zero attached hydrogens (tertiary/aromatic N) is 3. The van der Waals surface area contributed by atoms with Crippen molar-refractivity contribution in [3.8, 4) is 0 Å². The van der Waals surface area contributed by atoms with E-state index in [1.165, 1.54) is 0 Å². The smallest absolute Gasteiger partial charge is 0.352 e. The summed E-state index contributed by atoms with van der Waals surface area (Å²) in [6.45, 7) is 0. The molecule has 6 nitrogen and oxygen atoms in total. The molecule has 5 aromatic rings. The molecular weight excluding hydrogens is 354 g/mol. The zero-order valence-corrected chi connectivity index (χ0v) is 14.7. The van der Waals surface area contributed by atoms with Crippen LogP contribution in [0.4, 0.5) is 0 Å². The molecule has 136 valence electrons. The van der Waals surface area contributed by atoms with E-state index >= 15 is 0 Å². The number of benzene rings is 2. The number of pyridine rings is 2. The molecule has 6 heteroatoms. The average Bonchev–Trinajstić information content (AvgIpc) is 3.21. The van der Waals surface area contributed by atoms with Crippen LogP contribution < -0.4 is 5.36 Å². The number of carbonyl (C=O) groups is 1. The first-order valence-electron chi connectivity index (χ1n) is 8.82. The Morgan fingerprint density at radius 1 is 1.00 bits per heavy atom. The monoisotopic (exact) mass is 369 g/mol. The van der Waals surface area contributed by atoms with Crippen molar-refractivity contribution in [2.45, 2.75) is 6.10 Å². The minimum Gasteiger partial charge on any atom is -0.478 e. The maximum Gasteiger partial charge on any atom is 0.352 e. The van der Waals surface area contributed by atoms with Crippen molar-refractivity contribution in [2.24, 2.45) is 5.16 Å². The van der Waals surface area contributed by atoms with Gasteiger partial charge in [-0.25, -0.2) is 4.79 Å². The van der Waals surface area contributed by atoms with Gasteiger partial charge in [-0.3, -0.25) is 4.98 Å². The van der Waals surface area contributed by atoms with Gasteiger partial charge >= 0.3 is 5.97 Å². The van der Waals surface area contributed by atoms with Crippen molar-refractivity contribution < 1.29 is 14.7 Å². The molecule has 0 aliphatic carbocycles. The van der Waals surface area contributed by atoms with Crippen molar-refractivity contribution in [1.82, 2.24) is 9.38 Å². The maximum atomic E-state index is 11.7. The predicted octanol–water partition coefficient (Wildman–Crippen LogP) is 3.74. The molecule has 28 heavy (non-hydrogen) atoms. The molecule has 0 aliphatic rings. The summed E-state index contributed by atoms with van der Waals surface area (Å²) in [6.07, 6.45) is 2.47. The lowest BCUT2D eigenvalue weighted by Crippen LogP contribution is -2.17. The molecule has 0 amide bonds. The summed E-state index contributed by atoms with van der Waals surface area (Å²) < 4.78 is 2.01. The molecule has 0 saturated carbocycles. The number of aromatic nitrogens is 2. The highest BCUT2D eigenvalue weighted by Crippen LogP contribution is 2.25. The molecule has 2 aromatic carbocycles. The van der Waals surface area contributed by atoms with Crippen molar-refractivity contribution in [3.63, 3.8) is 0 Å². The first-order chi connectivity index (χ1) is 13.7. The first-order valence-corrected chi connectivity index (χ1v) is 8.82. The molecule has 3 heterocycles. The molecule has 3 aromatic heterocycles. The van der Waals surface area contributed by atoms with E-state index in [1.54, 1.807) is 30.5 Å². The Morgan fingerprint density at radius 3 is 2.64 bits per heavy atom. The molecule has 1 N–H and O–H groups in total. The summed E-state index contributed by atoms with van der Waals surface area (Å²) in [5.41, 5.74) is 3.02. The molecule has 0 radical (unpaired) electrons. The Morgan fingerprint density at radius 2 is 1.82 bits per heavy atom. The van der Waals surface area contributed by atoms with Crippen LogP contribution in [0.1, 0.15) is 11.7 Å². The number of carboxylic acid groups (broad SMARTS) is 1. The number of carboxylic acids is 1. The fraction of sp³-hybridized carbons (Fsp3) is 0.0455. The van der Waals surface area contributed by atoms with Gasteiger partial charge in [0, 0.05) is 23.3 Å². The largest absolute Gasteiger partial charge is 0.478 e. The average molecular weight is 369 g/mol. The summed E-state index contributed by atoms with van der Waals surface area (Å²) in [7, 11) is 0. The summed E-state index contributed by atoms with van der Waals surface area (Å²) in [5.74, 6) is -1.10. The quantitative estimate of drug-likeness (QED) is 0.490. The van der Waals surface area contributed by atoms with Gasteiger partial charge in [-0.2, -0.15) is 0 Å². The lowest BCUT2D eigenvalue weighted by atomic mass is 10.1. The molecule has 0 saturated heterocycles.